The maximum atomic E-state index is 10.4. The molecule has 3 heteroatoms. The molecule has 0 saturated carbocycles. The smallest absolute Gasteiger partial charge is 0.216 e. The van der Waals surface area contributed by atoms with Crippen LogP contribution in [-0.2, 0) is 15.7 Å². The van der Waals surface area contributed by atoms with Crippen LogP contribution in [0.5, 0.6) is 0 Å². The third-order valence-corrected chi connectivity index (χ3v) is 2.21. The summed E-state index contributed by atoms with van der Waals surface area (Å²) in [4.78, 5) is 10.4. The molecule has 0 atom stereocenters. The Morgan fingerprint density at radius 1 is 1.50 bits per heavy atom. The Labute approximate surface area is 65.7 Å². The van der Waals surface area contributed by atoms with Crippen LogP contribution in [-0.4, -0.2) is 30.7 Å². The Morgan fingerprint density at radius 2 is 2.10 bits per heavy atom. The molecule has 0 heterocycles. The zero-order valence-corrected chi connectivity index (χ0v) is 7.75. The van der Waals surface area contributed by atoms with Crippen molar-refractivity contribution in [2.45, 2.75) is 13.3 Å². The van der Waals surface area contributed by atoms with Crippen LogP contribution in [0.25, 0.3) is 0 Å². The quantitative estimate of drug-likeness (QED) is 0.470. The lowest BCUT2D eigenvalue weighted by Gasteiger charge is -1.98. The van der Waals surface area contributed by atoms with E-state index in [9.17, 15) is 4.79 Å². The van der Waals surface area contributed by atoms with Crippen LogP contribution >= 0.6 is 0 Å². The normalized spacial score (nSPS) is 10.0. The Hall–Kier alpha value is -0.180. The molecule has 10 heavy (non-hydrogen) atoms. The molecule has 60 valence electrons. The van der Waals surface area contributed by atoms with Crippen molar-refractivity contribution in [2.24, 2.45) is 0 Å². The third-order valence-electron chi connectivity index (χ3n) is 1.10. The molecule has 0 unspecified atom stereocenters. The van der Waals surface area contributed by atoms with Gasteiger partial charge in [0.2, 0.25) is 5.91 Å². The molecular formula is C7H16NOS+. The second kappa shape index (κ2) is 5.59. The first kappa shape index (κ1) is 9.82. The predicted octanol–water partition coefficient (Wildman–Crippen LogP) is 0.390. The fraction of sp³-hybridized carbons (Fsp3) is 0.857. The summed E-state index contributed by atoms with van der Waals surface area (Å²) < 4.78 is 0. The van der Waals surface area contributed by atoms with E-state index in [1.54, 1.807) is 6.92 Å². The number of nitrogens with one attached hydrogen (secondary N) is 1. The summed E-state index contributed by atoms with van der Waals surface area (Å²) in [6.45, 7) is 2.39. The monoisotopic (exact) mass is 162 g/mol. The van der Waals surface area contributed by atoms with E-state index in [-0.39, 0.29) is 5.91 Å². The summed E-state index contributed by atoms with van der Waals surface area (Å²) in [7, 11) is 0.518. The van der Waals surface area contributed by atoms with Crippen molar-refractivity contribution in [3.63, 3.8) is 0 Å². The van der Waals surface area contributed by atoms with Gasteiger partial charge in [0.05, 0.1) is 12.5 Å². The molecule has 1 N–H and O–H groups in total. The Morgan fingerprint density at radius 3 is 2.50 bits per heavy atom. The second-order valence-corrected chi connectivity index (χ2v) is 4.91. The molecule has 0 rings (SSSR count). The average Bonchev–Trinajstić information content (AvgIpc) is 1.79. The van der Waals surface area contributed by atoms with Crippen LogP contribution in [0.3, 0.4) is 0 Å². The van der Waals surface area contributed by atoms with Gasteiger partial charge in [0.25, 0.3) is 0 Å². The van der Waals surface area contributed by atoms with E-state index >= 15 is 0 Å². The van der Waals surface area contributed by atoms with Gasteiger partial charge in [-0.1, -0.05) is 0 Å². The first-order valence-electron chi connectivity index (χ1n) is 3.41. The van der Waals surface area contributed by atoms with Crippen LogP contribution in [0.4, 0.5) is 0 Å². The van der Waals surface area contributed by atoms with E-state index < -0.39 is 0 Å². The summed E-state index contributed by atoms with van der Waals surface area (Å²) in [5.41, 5.74) is 0. The number of hydrogen-bond donors (Lipinski definition) is 1. The first-order chi connectivity index (χ1) is 4.63. The summed E-state index contributed by atoms with van der Waals surface area (Å²) in [6.07, 6.45) is 5.54. The first-order valence-corrected chi connectivity index (χ1v) is 5.62. The van der Waals surface area contributed by atoms with Gasteiger partial charge in [-0.3, -0.25) is 4.79 Å². The number of hydrogen-bond acceptors (Lipinski definition) is 1. The van der Waals surface area contributed by atoms with E-state index in [2.05, 4.69) is 17.8 Å². The summed E-state index contributed by atoms with van der Waals surface area (Å²) in [5, 5.41) is 2.77. The SMILES string of the molecule is CC(=O)NCCC[S+](C)C. The minimum atomic E-state index is 0.0760. The molecule has 0 aliphatic heterocycles. The zero-order chi connectivity index (χ0) is 7.98. The van der Waals surface area contributed by atoms with E-state index in [1.807, 2.05) is 0 Å². The molecule has 0 aromatic rings. The van der Waals surface area contributed by atoms with Crippen molar-refractivity contribution in [1.82, 2.24) is 5.32 Å². The highest BCUT2D eigenvalue weighted by atomic mass is 32.2. The van der Waals surface area contributed by atoms with Gasteiger partial charge in [0, 0.05) is 19.9 Å². The van der Waals surface area contributed by atoms with Crippen LogP contribution in [0, 0.1) is 0 Å². The Kier molecular flexibility index (Phi) is 5.49. The molecule has 0 aliphatic carbocycles. The van der Waals surface area contributed by atoms with Gasteiger partial charge in [-0.15, -0.1) is 0 Å². The van der Waals surface area contributed by atoms with Crippen molar-refractivity contribution < 1.29 is 4.79 Å². The highest BCUT2D eigenvalue weighted by molar-refractivity contribution is 7.95. The van der Waals surface area contributed by atoms with Crippen LogP contribution < -0.4 is 5.32 Å². The van der Waals surface area contributed by atoms with E-state index in [4.69, 9.17) is 0 Å². The van der Waals surface area contributed by atoms with Crippen molar-refractivity contribution in [3.05, 3.63) is 0 Å². The molecule has 0 radical (unpaired) electrons. The molecule has 2 nitrogen and oxygen atoms in total. The molecule has 0 aromatic carbocycles. The molecule has 0 aliphatic rings. The lowest BCUT2D eigenvalue weighted by atomic mass is 10.5. The number of amides is 1. The van der Waals surface area contributed by atoms with Gasteiger partial charge >= 0.3 is 0 Å². The maximum absolute atomic E-state index is 10.4. The molecule has 0 fully saturated rings. The van der Waals surface area contributed by atoms with E-state index in [0.717, 1.165) is 13.0 Å². The van der Waals surface area contributed by atoms with Gasteiger partial charge in [0.1, 0.15) is 5.75 Å². The number of rotatable bonds is 4. The van der Waals surface area contributed by atoms with Gasteiger partial charge < -0.3 is 5.32 Å². The minimum Gasteiger partial charge on any atom is -0.356 e. The average molecular weight is 162 g/mol. The van der Waals surface area contributed by atoms with Crippen LogP contribution in [0.1, 0.15) is 13.3 Å². The Balaban J connectivity index is 2.98. The maximum Gasteiger partial charge on any atom is 0.216 e. The lowest BCUT2D eigenvalue weighted by molar-refractivity contribution is -0.118. The summed E-state index contributed by atoms with van der Waals surface area (Å²) >= 11 is 0. The largest absolute Gasteiger partial charge is 0.356 e. The van der Waals surface area contributed by atoms with Gasteiger partial charge in [-0.05, 0) is 10.9 Å². The Bertz CT molecular complexity index is 104. The van der Waals surface area contributed by atoms with Gasteiger partial charge in [-0.25, -0.2) is 0 Å². The minimum absolute atomic E-state index is 0.0760. The van der Waals surface area contributed by atoms with E-state index in [0.29, 0.717) is 10.9 Å². The van der Waals surface area contributed by atoms with E-state index in [1.165, 1.54) is 5.75 Å². The van der Waals surface area contributed by atoms with Crippen molar-refractivity contribution in [2.75, 3.05) is 24.8 Å². The highest BCUT2D eigenvalue weighted by Crippen LogP contribution is 1.87. The van der Waals surface area contributed by atoms with Crippen molar-refractivity contribution in [3.8, 4) is 0 Å². The zero-order valence-electron chi connectivity index (χ0n) is 6.94. The lowest BCUT2D eigenvalue weighted by Crippen LogP contribution is -2.22. The molecule has 0 saturated heterocycles. The third kappa shape index (κ3) is 7.82. The predicted molar refractivity (Wildman–Crippen MR) is 47.4 cm³/mol. The molecule has 1 amide bonds. The second-order valence-electron chi connectivity index (χ2n) is 2.53. The molecule has 0 spiro atoms. The van der Waals surface area contributed by atoms with Gasteiger partial charge in [0.15, 0.2) is 0 Å². The number of carbonyl (C=O) groups is 1. The standard InChI is InChI=1S/C7H15NOS/c1-7(9)8-5-4-6-10(2)3/h4-6H2,1-3H3/p+1. The highest BCUT2D eigenvalue weighted by Gasteiger charge is 2.00. The fourth-order valence-corrected chi connectivity index (χ4v) is 1.35. The van der Waals surface area contributed by atoms with Gasteiger partial charge in [-0.2, -0.15) is 0 Å². The topological polar surface area (TPSA) is 29.1 Å². The summed E-state index contributed by atoms with van der Waals surface area (Å²) in [5.74, 6) is 1.30. The summed E-state index contributed by atoms with van der Waals surface area (Å²) in [6, 6.07) is 0. The van der Waals surface area contributed by atoms with Crippen LogP contribution in [0.2, 0.25) is 0 Å². The fourth-order valence-electron chi connectivity index (χ4n) is 0.625. The molecule has 0 bridgehead atoms. The number of carbonyl (C=O) groups excluding carboxylic acids is 1. The van der Waals surface area contributed by atoms with Crippen molar-refractivity contribution >= 4 is 16.8 Å². The molecular weight excluding hydrogens is 146 g/mol. The van der Waals surface area contributed by atoms with Crippen LogP contribution in [0.15, 0.2) is 0 Å². The molecule has 0 aromatic heterocycles. The van der Waals surface area contributed by atoms with Crippen molar-refractivity contribution in [1.29, 1.82) is 0 Å².